The fourth-order valence-electron chi connectivity index (χ4n) is 3.60. The lowest BCUT2D eigenvalue weighted by Crippen LogP contribution is -2.52. The number of hydrogen-bond acceptors (Lipinski definition) is 2. The molecule has 0 amide bonds. The van der Waals surface area contributed by atoms with Gasteiger partial charge in [0.15, 0.2) is 0 Å². The first-order chi connectivity index (χ1) is 7.67. The molecule has 0 aromatic rings. The second-order valence-electron chi connectivity index (χ2n) is 6.98. The Balaban J connectivity index is 2.33. The number of fused-ring (bicyclic) bond motifs is 1. The van der Waals surface area contributed by atoms with Crippen molar-refractivity contribution in [3.8, 4) is 0 Å². The van der Waals surface area contributed by atoms with Crippen molar-refractivity contribution in [1.29, 1.82) is 0 Å². The van der Waals surface area contributed by atoms with Crippen LogP contribution in [0.25, 0.3) is 0 Å². The summed E-state index contributed by atoms with van der Waals surface area (Å²) >= 11 is 0. The summed E-state index contributed by atoms with van der Waals surface area (Å²) in [6, 6.07) is 0. The molecule has 3 unspecified atom stereocenters. The number of rotatable bonds is 1. The van der Waals surface area contributed by atoms with Gasteiger partial charge in [0.2, 0.25) is 0 Å². The predicted molar refractivity (Wildman–Crippen MR) is 69.7 cm³/mol. The zero-order valence-corrected chi connectivity index (χ0v) is 11.6. The van der Waals surface area contributed by atoms with E-state index < -0.39 is 11.2 Å². The van der Waals surface area contributed by atoms with E-state index >= 15 is 0 Å². The summed E-state index contributed by atoms with van der Waals surface area (Å²) in [4.78, 5) is 0. The summed E-state index contributed by atoms with van der Waals surface area (Å²) in [6.45, 7) is 7.91. The molecule has 0 aromatic heterocycles. The molecule has 1 fully saturated rings. The fraction of sp³-hybridized carbons (Fsp3) is 0.867. The third kappa shape index (κ3) is 2.06. The van der Waals surface area contributed by atoms with Gasteiger partial charge in [-0.3, -0.25) is 0 Å². The molecule has 0 saturated heterocycles. The van der Waals surface area contributed by atoms with Crippen molar-refractivity contribution < 1.29 is 10.2 Å². The van der Waals surface area contributed by atoms with Crippen LogP contribution in [0.5, 0.6) is 0 Å². The number of aliphatic hydroxyl groups is 2. The third-order valence-corrected chi connectivity index (χ3v) is 5.31. The van der Waals surface area contributed by atoms with E-state index in [1.54, 1.807) is 0 Å². The molecule has 0 radical (unpaired) electrons. The SMILES string of the molecule is CC(C)(O)C1CC=C2CCCC(C)(O)C2(C)C1. The molecule has 2 rings (SSSR count). The van der Waals surface area contributed by atoms with Crippen molar-refractivity contribution in [3.63, 3.8) is 0 Å². The van der Waals surface area contributed by atoms with Crippen LogP contribution in [0.1, 0.15) is 59.8 Å². The van der Waals surface area contributed by atoms with Crippen molar-refractivity contribution in [2.45, 2.75) is 71.0 Å². The van der Waals surface area contributed by atoms with Gasteiger partial charge in [-0.25, -0.2) is 0 Å². The molecular weight excluding hydrogens is 212 g/mol. The van der Waals surface area contributed by atoms with Gasteiger partial charge >= 0.3 is 0 Å². The molecule has 2 nitrogen and oxygen atoms in total. The topological polar surface area (TPSA) is 40.5 Å². The van der Waals surface area contributed by atoms with E-state index in [9.17, 15) is 10.2 Å². The molecule has 0 spiro atoms. The van der Waals surface area contributed by atoms with Crippen LogP contribution in [0.4, 0.5) is 0 Å². The Morgan fingerprint density at radius 2 is 2.00 bits per heavy atom. The monoisotopic (exact) mass is 238 g/mol. The van der Waals surface area contributed by atoms with Crippen LogP contribution < -0.4 is 0 Å². The summed E-state index contributed by atoms with van der Waals surface area (Å²) in [5.41, 5.74) is -0.0115. The van der Waals surface area contributed by atoms with Crippen LogP contribution in [0, 0.1) is 11.3 Å². The van der Waals surface area contributed by atoms with Gasteiger partial charge in [0.1, 0.15) is 0 Å². The molecule has 2 heteroatoms. The Labute approximate surface area is 105 Å². The molecule has 1 saturated carbocycles. The molecule has 0 heterocycles. The molecular formula is C15H26O2. The second-order valence-corrected chi connectivity index (χ2v) is 6.98. The minimum atomic E-state index is -0.654. The van der Waals surface area contributed by atoms with Crippen LogP contribution >= 0.6 is 0 Å². The van der Waals surface area contributed by atoms with Crippen molar-refractivity contribution >= 4 is 0 Å². The van der Waals surface area contributed by atoms with Gasteiger partial charge in [-0.2, -0.15) is 0 Å². The van der Waals surface area contributed by atoms with Crippen LogP contribution in [-0.2, 0) is 0 Å². The molecule has 2 aliphatic carbocycles. The maximum atomic E-state index is 10.7. The van der Waals surface area contributed by atoms with Crippen molar-refractivity contribution in [2.75, 3.05) is 0 Å². The van der Waals surface area contributed by atoms with Crippen molar-refractivity contribution in [3.05, 3.63) is 11.6 Å². The Morgan fingerprint density at radius 1 is 1.35 bits per heavy atom. The van der Waals surface area contributed by atoms with Gasteiger partial charge in [-0.05, 0) is 58.8 Å². The van der Waals surface area contributed by atoms with Gasteiger partial charge in [0, 0.05) is 5.41 Å². The first-order valence-corrected chi connectivity index (χ1v) is 6.81. The van der Waals surface area contributed by atoms with Crippen molar-refractivity contribution in [2.24, 2.45) is 11.3 Å². The quantitative estimate of drug-likeness (QED) is 0.689. The van der Waals surface area contributed by atoms with Crippen LogP contribution in [0.15, 0.2) is 11.6 Å². The highest BCUT2D eigenvalue weighted by Crippen LogP contribution is 2.55. The Kier molecular flexibility index (Phi) is 2.95. The summed E-state index contributed by atoms with van der Waals surface area (Å²) in [5.74, 6) is 0.251. The Bertz CT molecular complexity index is 335. The van der Waals surface area contributed by atoms with E-state index in [0.717, 1.165) is 32.1 Å². The normalized spacial score (nSPS) is 42.9. The van der Waals surface area contributed by atoms with Gasteiger partial charge in [0.25, 0.3) is 0 Å². The molecule has 0 aliphatic heterocycles. The number of hydrogen-bond donors (Lipinski definition) is 2. The highest BCUT2D eigenvalue weighted by Gasteiger charge is 2.51. The zero-order chi connectivity index (χ0) is 12.9. The maximum absolute atomic E-state index is 10.7. The molecule has 98 valence electrons. The van der Waals surface area contributed by atoms with Gasteiger partial charge in [-0.15, -0.1) is 0 Å². The average molecular weight is 238 g/mol. The number of allylic oxidation sites excluding steroid dienone is 1. The second kappa shape index (κ2) is 3.83. The van der Waals surface area contributed by atoms with E-state index in [2.05, 4.69) is 13.0 Å². The van der Waals surface area contributed by atoms with E-state index in [4.69, 9.17) is 0 Å². The van der Waals surface area contributed by atoms with Crippen LogP contribution in [-0.4, -0.2) is 21.4 Å². The molecule has 17 heavy (non-hydrogen) atoms. The molecule has 0 bridgehead atoms. The minimum absolute atomic E-state index is 0.145. The largest absolute Gasteiger partial charge is 0.390 e. The van der Waals surface area contributed by atoms with Crippen molar-refractivity contribution in [1.82, 2.24) is 0 Å². The van der Waals surface area contributed by atoms with Gasteiger partial charge in [0.05, 0.1) is 11.2 Å². The lowest BCUT2D eigenvalue weighted by molar-refractivity contribution is -0.0971. The smallest absolute Gasteiger partial charge is 0.0710 e. The molecule has 2 aliphatic rings. The summed E-state index contributed by atoms with van der Waals surface area (Å²) in [5, 5.41) is 20.9. The van der Waals surface area contributed by atoms with E-state index in [1.807, 2.05) is 20.8 Å². The predicted octanol–water partition coefficient (Wildman–Crippen LogP) is 3.03. The fourth-order valence-corrected chi connectivity index (χ4v) is 3.60. The van der Waals surface area contributed by atoms with Gasteiger partial charge < -0.3 is 10.2 Å². The first-order valence-electron chi connectivity index (χ1n) is 6.81. The maximum Gasteiger partial charge on any atom is 0.0710 e. The minimum Gasteiger partial charge on any atom is -0.390 e. The summed E-state index contributed by atoms with van der Waals surface area (Å²) in [7, 11) is 0. The summed E-state index contributed by atoms with van der Waals surface area (Å²) in [6.07, 6.45) is 7.20. The van der Waals surface area contributed by atoms with E-state index in [0.29, 0.717) is 0 Å². The Hall–Kier alpha value is -0.340. The van der Waals surface area contributed by atoms with Crippen LogP contribution in [0.3, 0.4) is 0 Å². The highest BCUT2D eigenvalue weighted by molar-refractivity contribution is 5.26. The van der Waals surface area contributed by atoms with Crippen LogP contribution in [0.2, 0.25) is 0 Å². The first kappa shape index (κ1) is 13.1. The lowest BCUT2D eigenvalue weighted by atomic mass is 9.55. The molecule has 2 N–H and O–H groups in total. The highest BCUT2D eigenvalue weighted by atomic mass is 16.3. The summed E-state index contributed by atoms with van der Waals surface area (Å²) < 4.78 is 0. The zero-order valence-electron chi connectivity index (χ0n) is 11.6. The van der Waals surface area contributed by atoms with Gasteiger partial charge in [-0.1, -0.05) is 18.6 Å². The average Bonchev–Trinajstić information content (AvgIpc) is 2.17. The third-order valence-electron chi connectivity index (χ3n) is 5.31. The van der Waals surface area contributed by atoms with E-state index in [-0.39, 0.29) is 11.3 Å². The lowest BCUT2D eigenvalue weighted by Gasteiger charge is -2.53. The molecule has 3 atom stereocenters. The Morgan fingerprint density at radius 3 is 2.59 bits per heavy atom. The standard InChI is InChI=1S/C15H26O2/c1-13(2,16)12-8-7-11-6-5-9-15(4,17)14(11,3)10-12/h7,12,16-17H,5-6,8-10H2,1-4H3. The van der Waals surface area contributed by atoms with E-state index in [1.165, 1.54) is 5.57 Å². The molecule has 0 aromatic carbocycles.